The van der Waals surface area contributed by atoms with Crippen LogP contribution in [0.5, 0.6) is 0 Å². The zero-order chi connectivity index (χ0) is 31.7. The molecule has 4 aromatic rings. The van der Waals surface area contributed by atoms with Crippen LogP contribution in [0.15, 0.2) is 41.3 Å². The molecule has 2 aliphatic rings. The molecule has 1 aromatic carbocycles. The van der Waals surface area contributed by atoms with Crippen LogP contribution in [0.2, 0.25) is 0 Å². The summed E-state index contributed by atoms with van der Waals surface area (Å²) in [4.78, 5) is 29.4. The molecule has 3 aromatic heterocycles. The van der Waals surface area contributed by atoms with Gasteiger partial charge in [0.1, 0.15) is 24.3 Å². The monoisotopic (exact) mass is 696 g/mol. The Bertz CT molecular complexity index is 1740. The van der Waals surface area contributed by atoms with Gasteiger partial charge in [0.05, 0.1) is 26.7 Å². The molecule has 0 spiro atoms. The molecule has 45 heavy (non-hydrogen) atoms. The summed E-state index contributed by atoms with van der Waals surface area (Å²) in [5, 5.41) is 6.90. The fraction of sp³-hybridized carbons (Fsp3) is 0.452. The van der Waals surface area contributed by atoms with E-state index in [2.05, 4.69) is 80.2 Å². The van der Waals surface area contributed by atoms with Gasteiger partial charge < -0.3 is 25.0 Å². The maximum absolute atomic E-state index is 15.5. The van der Waals surface area contributed by atoms with Crippen molar-refractivity contribution < 1.29 is 8.96 Å². The smallest absolute Gasteiger partial charge is 0.238 e. The molecule has 2 N–H and O–H groups in total. The third-order valence-electron chi connectivity index (χ3n) is 8.63. The van der Waals surface area contributed by atoms with Gasteiger partial charge in [-0.25, -0.2) is 9.97 Å². The second-order valence-corrected chi connectivity index (χ2v) is 16.1. The Balaban J connectivity index is 1.20. The molecule has 0 radical (unpaired) electrons. The zero-order valence-corrected chi connectivity index (χ0v) is 28.6. The van der Waals surface area contributed by atoms with Gasteiger partial charge in [-0.2, -0.15) is 9.37 Å². The normalized spacial score (nSPS) is 17.2. The van der Waals surface area contributed by atoms with E-state index in [1.165, 1.54) is 0 Å². The molecule has 6 rings (SSSR count). The molecule has 11 nitrogen and oxygen atoms in total. The maximum atomic E-state index is 15.5. The molecular formula is C31H39BrFN10OP. The van der Waals surface area contributed by atoms with Gasteiger partial charge in [-0.05, 0) is 79.3 Å². The van der Waals surface area contributed by atoms with Crippen molar-refractivity contribution in [1.82, 2.24) is 34.7 Å². The summed E-state index contributed by atoms with van der Waals surface area (Å²) >= 11 is 3.51. The van der Waals surface area contributed by atoms with Crippen LogP contribution in [0.4, 0.5) is 33.3 Å². The van der Waals surface area contributed by atoms with E-state index in [0.717, 1.165) is 57.7 Å². The number of piperidine rings is 1. The quantitative estimate of drug-likeness (QED) is 0.186. The van der Waals surface area contributed by atoms with E-state index in [0.29, 0.717) is 50.6 Å². The molecular weight excluding hydrogens is 658 g/mol. The van der Waals surface area contributed by atoms with Gasteiger partial charge in [-0.3, -0.25) is 14.9 Å². The summed E-state index contributed by atoms with van der Waals surface area (Å²) in [6, 6.07) is 6.02. The van der Waals surface area contributed by atoms with Crippen LogP contribution in [0.1, 0.15) is 25.3 Å². The largest absolute Gasteiger partial charge is 0.356 e. The first-order valence-electron chi connectivity index (χ1n) is 15.3. The van der Waals surface area contributed by atoms with E-state index in [9.17, 15) is 4.57 Å². The third-order valence-corrected chi connectivity index (χ3v) is 10.7. The Morgan fingerprint density at radius 3 is 2.42 bits per heavy atom. The van der Waals surface area contributed by atoms with Crippen LogP contribution < -0.4 is 20.8 Å². The van der Waals surface area contributed by atoms with Gasteiger partial charge in [0.2, 0.25) is 11.9 Å². The Morgan fingerprint density at radius 2 is 1.71 bits per heavy atom. The van der Waals surface area contributed by atoms with Crippen molar-refractivity contribution in [3.05, 3.63) is 52.8 Å². The lowest BCUT2D eigenvalue weighted by Crippen LogP contribution is -2.52. The maximum Gasteiger partial charge on any atom is 0.238 e. The Kier molecular flexibility index (Phi) is 9.33. The molecule has 0 amide bonds. The molecule has 2 saturated heterocycles. The Labute approximate surface area is 271 Å². The number of pyridine rings is 1. The number of halogens is 2. The van der Waals surface area contributed by atoms with Gasteiger partial charge in [0.15, 0.2) is 0 Å². The fourth-order valence-corrected chi connectivity index (χ4v) is 7.89. The highest BCUT2D eigenvalue weighted by Crippen LogP contribution is 2.41. The lowest BCUT2D eigenvalue weighted by Gasteiger charge is -2.42. The van der Waals surface area contributed by atoms with Gasteiger partial charge in [0, 0.05) is 63.9 Å². The zero-order valence-electron chi connectivity index (χ0n) is 26.1. The number of benzene rings is 1. The highest BCUT2D eigenvalue weighted by Gasteiger charge is 2.29. The number of anilines is 5. The first kappa shape index (κ1) is 31.7. The number of hydrogen-bond acceptors (Lipinski definition) is 11. The Morgan fingerprint density at radius 1 is 0.978 bits per heavy atom. The minimum atomic E-state index is -2.77. The number of piperazine rings is 1. The van der Waals surface area contributed by atoms with E-state index in [1.54, 1.807) is 31.9 Å². The van der Waals surface area contributed by atoms with Crippen LogP contribution >= 0.6 is 23.1 Å². The molecule has 5 heterocycles. The first-order valence-corrected chi connectivity index (χ1v) is 18.7. The van der Waals surface area contributed by atoms with E-state index in [-0.39, 0.29) is 11.6 Å². The van der Waals surface area contributed by atoms with Crippen molar-refractivity contribution in [3.63, 3.8) is 0 Å². The van der Waals surface area contributed by atoms with Crippen LogP contribution in [0.3, 0.4) is 0 Å². The SMILES string of the molecule is CCc1cc(Nc2ncc(Br)c(Nc3ccc4nccnc4c3P(C)(C)=O)n2)c(F)nc1N1CCC(N2CCN(C)CC2)CC1. The van der Waals surface area contributed by atoms with Gasteiger partial charge >= 0.3 is 0 Å². The second kappa shape index (κ2) is 13.2. The summed E-state index contributed by atoms with van der Waals surface area (Å²) in [5.41, 5.74) is 3.01. The number of hydrogen-bond donors (Lipinski definition) is 2. The van der Waals surface area contributed by atoms with Crippen molar-refractivity contribution >= 4 is 68.4 Å². The highest BCUT2D eigenvalue weighted by atomic mass is 79.9. The molecule has 238 valence electrons. The molecule has 2 fully saturated rings. The molecule has 0 atom stereocenters. The molecule has 0 bridgehead atoms. The Hall–Kier alpha value is -3.25. The number of nitrogens with one attached hydrogen (secondary N) is 2. The van der Waals surface area contributed by atoms with Gasteiger partial charge in [-0.15, -0.1) is 0 Å². The minimum absolute atomic E-state index is 0.197. The van der Waals surface area contributed by atoms with Crippen LogP contribution in [-0.4, -0.2) is 100 Å². The number of rotatable bonds is 8. The predicted octanol–water partition coefficient (Wildman–Crippen LogP) is 5.23. The summed E-state index contributed by atoms with van der Waals surface area (Å²) in [5.74, 6) is 0.738. The van der Waals surface area contributed by atoms with Crippen molar-refractivity contribution in [2.45, 2.75) is 32.2 Å². The molecule has 14 heteroatoms. The summed E-state index contributed by atoms with van der Waals surface area (Å²) in [6.45, 7) is 11.6. The van der Waals surface area contributed by atoms with Gasteiger partial charge in [0.25, 0.3) is 0 Å². The van der Waals surface area contributed by atoms with Crippen molar-refractivity contribution in [3.8, 4) is 0 Å². The second-order valence-electron chi connectivity index (χ2n) is 12.1. The average molecular weight is 698 g/mol. The fourth-order valence-electron chi connectivity index (χ4n) is 6.21. The van der Waals surface area contributed by atoms with Crippen molar-refractivity contribution in [1.29, 1.82) is 0 Å². The number of nitrogens with zero attached hydrogens (tertiary/aromatic N) is 8. The van der Waals surface area contributed by atoms with Gasteiger partial charge in [-0.1, -0.05) is 6.92 Å². The summed E-state index contributed by atoms with van der Waals surface area (Å²) < 4.78 is 29.5. The average Bonchev–Trinajstić information content (AvgIpc) is 3.03. The minimum Gasteiger partial charge on any atom is -0.356 e. The summed E-state index contributed by atoms with van der Waals surface area (Å²) in [7, 11) is -0.591. The van der Waals surface area contributed by atoms with Crippen LogP contribution in [-0.2, 0) is 11.0 Å². The number of aryl methyl sites for hydroxylation is 1. The first-order chi connectivity index (χ1) is 21.6. The molecule has 0 unspecified atom stereocenters. The van der Waals surface area contributed by atoms with Crippen molar-refractivity contribution in [2.24, 2.45) is 0 Å². The third kappa shape index (κ3) is 6.96. The standard InChI is InChI=1S/C31H39BrFN10OP/c1-5-20-18-25(28(33)39-30(20)43-12-8-21(9-13-43)42-16-14-41(2)15-17-42)38-31-36-19-22(32)29(40-31)37-24-7-6-23-26(35-11-10-34-23)27(24)45(3,4)44/h6-7,10-11,18-19,21H,5,8-9,12-17H2,1-4H3,(H2,36,37,38,40). The van der Waals surface area contributed by atoms with E-state index >= 15 is 4.39 Å². The number of aromatic nitrogens is 5. The van der Waals surface area contributed by atoms with E-state index in [4.69, 9.17) is 0 Å². The lowest BCUT2D eigenvalue weighted by atomic mass is 10.0. The van der Waals surface area contributed by atoms with Crippen molar-refractivity contribution in [2.75, 3.05) is 75.2 Å². The summed E-state index contributed by atoms with van der Waals surface area (Å²) in [6.07, 6.45) is 7.59. The van der Waals surface area contributed by atoms with E-state index in [1.807, 2.05) is 18.2 Å². The topological polar surface area (TPSA) is 115 Å². The molecule has 0 aliphatic carbocycles. The van der Waals surface area contributed by atoms with Crippen LogP contribution in [0, 0.1) is 5.95 Å². The lowest BCUT2D eigenvalue weighted by molar-refractivity contribution is 0.0981. The van der Waals surface area contributed by atoms with E-state index < -0.39 is 13.1 Å². The highest BCUT2D eigenvalue weighted by molar-refractivity contribution is 9.10. The number of fused-ring (bicyclic) bond motifs is 1. The number of likely N-dealkylation sites (N-methyl/N-ethyl adjacent to an activating group) is 1. The van der Waals surface area contributed by atoms with Crippen LogP contribution in [0.25, 0.3) is 11.0 Å². The molecule has 0 saturated carbocycles. The molecule has 2 aliphatic heterocycles. The predicted molar refractivity (Wildman–Crippen MR) is 183 cm³/mol.